The third-order valence-electron chi connectivity index (χ3n) is 4.82. The van der Waals surface area contributed by atoms with Crippen LogP contribution in [0.15, 0.2) is 48.5 Å². The van der Waals surface area contributed by atoms with Crippen molar-refractivity contribution in [2.45, 2.75) is 38.3 Å². The van der Waals surface area contributed by atoms with E-state index >= 15 is 0 Å². The largest absolute Gasteiger partial charge is 0.345 e. The predicted molar refractivity (Wildman–Crippen MR) is 100 cm³/mol. The predicted octanol–water partition coefficient (Wildman–Crippen LogP) is 4.37. The number of nitrogens with one attached hydrogen (secondary N) is 1. The standard InChI is InChI=1S/C20H23FN2O.ClH/c21-18-7-3-6-17(12-18)19(15-4-1-2-5-15)23-20(24)16-10-8-14(13-22)9-11-16;/h3,6-12,15,19H,1-2,4-5,13,22H2,(H,23,24);1H. The first-order valence-electron chi connectivity index (χ1n) is 8.52. The summed E-state index contributed by atoms with van der Waals surface area (Å²) in [6, 6.07) is 13.7. The van der Waals surface area contributed by atoms with Gasteiger partial charge in [0.2, 0.25) is 0 Å². The van der Waals surface area contributed by atoms with E-state index in [4.69, 9.17) is 5.73 Å². The number of halogens is 2. The zero-order valence-corrected chi connectivity index (χ0v) is 14.9. The number of hydrogen-bond donors (Lipinski definition) is 2. The van der Waals surface area contributed by atoms with Crippen LogP contribution in [0.5, 0.6) is 0 Å². The lowest BCUT2D eigenvalue weighted by Gasteiger charge is -2.25. The van der Waals surface area contributed by atoms with Crippen LogP contribution in [-0.2, 0) is 6.54 Å². The van der Waals surface area contributed by atoms with Crippen molar-refractivity contribution in [3.63, 3.8) is 0 Å². The Bertz CT molecular complexity index is 699. The highest BCUT2D eigenvalue weighted by Gasteiger charge is 2.28. The molecule has 1 fully saturated rings. The second-order valence-corrected chi connectivity index (χ2v) is 6.45. The highest BCUT2D eigenvalue weighted by Crippen LogP contribution is 2.36. The van der Waals surface area contributed by atoms with Crippen LogP contribution in [0.25, 0.3) is 0 Å². The van der Waals surface area contributed by atoms with Crippen LogP contribution in [0.4, 0.5) is 4.39 Å². The molecule has 5 heteroatoms. The first-order chi connectivity index (χ1) is 11.7. The van der Waals surface area contributed by atoms with Gasteiger partial charge in [0.15, 0.2) is 0 Å². The van der Waals surface area contributed by atoms with Crippen molar-refractivity contribution in [2.75, 3.05) is 0 Å². The van der Waals surface area contributed by atoms with Gasteiger partial charge in [-0.25, -0.2) is 4.39 Å². The highest BCUT2D eigenvalue weighted by molar-refractivity contribution is 5.94. The number of nitrogens with two attached hydrogens (primary N) is 1. The molecule has 1 aliphatic carbocycles. The summed E-state index contributed by atoms with van der Waals surface area (Å²) in [5.74, 6) is -0.0316. The van der Waals surface area contributed by atoms with Gasteiger partial charge in [-0.15, -0.1) is 12.4 Å². The van der Waals surface area contributed by atoms with Crippen molar-refractivity contribution in [1.82, 2.24) is 5.32 Å². The summed E-state index contributed by atoms with van der Waals surface area (Å²) in [6.07, 6.45) is 4.45. The monoisotopic (exact) mass is 362 g/mol. The molecule has 1 unspecified atom stereocenters. The number of amides is 1. The molecule has 3 N–H and O–H groups in total. The third kappa shape index (κ3) is 4.80. The lowest BCUT2D eigenvalue weighted by Crippen LogP contribution is -2.32. The van der Waals surface area contributed by atoms with Gasteiger partial charge >= 0.3 is 0 Å². The molecule has 3 rings (SSSR count). The van der Waals surface area contributed by atoms with Gasteiger partial charge in [-0.3, -0.25) is 4.79 Å². The van der Waals surface area contributed by atoms with Crippen molar-refractivity contribution in [1.29, 1.82) is 0 Å². The fraction of sp³-hybridized carbons (Fsp3) is 0.350. The van der Waals surface area contributed by atoms with Crippen molar-refractivity contribution in [3.05, 3.63) is 71.0 Å². The summed E-state index contributed by atoms with van der Waals surface area (Å²) in [6.45, 7) is 0.454. The molecule has 1 atom stereocenters. The van der Waals surface area contributed by atoms with Crippen LogP contribution in [-0.4, -0.2) is 5.91 Å². The van der Waals surface area contributed by atoms with Crippen molar-refractivity contribution >= 4 is 18.3 Å². The minimum atomic E-state index is -0.267. The fourth-order valence-electron chi connectivity index (χ4n) is 3.48. The van der Waals surface area contributed by atoms with Gasteiger partial charge in [-0.05, 0) is 54.2 Å². The van der Waals surface area contributed by atoms with Gasteiger partial charge in [-0.2, -0.15) is 0 Å². The summed E-state index contributed by atoms with van der Waals surface area (Å²) in [4.78, 5) is 12.6. The van der Waals surface area contributed by atoms with Gasteiger partial charge in [0.1, 0.15) is 5.82 Å². The number of hydrogen-bond acceptors (Lipinski definition) is 2. The second-order valence-electron chi connectivity index (χ2n) is 6.45. The first-order valence-corrected chi connectivity index (χ1v) is 8.52. The summed E-state index contributed by atoms with van der Waals surface area (Å²) < 4.78 is 13.6. The lowest BCUT2D eigenvalue weighted by atomic mass is 9.91. The van der Waals surface area contributed by atoms with Gasteiger partial charge in [0.25, 0.3) is 5.91 Å². The van der Waals surface area contributed by atoms with Crippen LogP contribution in [0.3, 0.4) is 0 Å². The average Bonchev–Trinajstić information content (AvgIpc) is 3.14. The Morgan fingerprint density at radius 3 is 2.44 bits per heavy atom. The average molecular weight is 363 g/mol. The summed E-state index contributed by atoms with van der Waals surface area (Å²) >= 11 is 0. The number of benzene rings is 2. The van der Waals surface area contributed by atoms with E-state index < -0.39 is 0 Å². The fourth-order valence-corrected chi connectivity index (χ4v) is 3.48. The van der Waals surface area contributed by atoms with Crippen LogP contribution >= 0.6 is 12.4 Å². The molecule has 0 heterocycles. The molecule has 0 bridgehead atoms. The molecule has 3 nitrogen and oxygen atoms in total. The number of carbonyl (C=O) groups excluding carboxylic acids is 1. The Morgan fingerprint density at radius 1 is 1.16 bits per heavy atom. The van der Waals surface area contributed by atoms with E-state index in [0.717, 1.165) is 36.8 Å². The Morgan fingerprint density at radius 2 is 1.84 bits per heavy atom. The third-order valence-corrected chi connectivity index (χ3v) is 4.82. The maximum Gasteiger partial charge on any atom is 0.251 e. The topological polar surface area (TPSA) is 55.1 Å². The van der Waals surface area contributed by atoms with Crippen molar-refractivity contribution < 1.29 is 9.18 Å². The first kappa shape index (κ1) is 19.4. The smallest absolute Gasteiger partial charge is 0.251 e. The van der Waals surface area contributed by atoms with Crippen LogP contribution in [0.1, 0.15) is 53.2 Å². The molecular weight excluding hydrogens is 339 g/mol. The molecule has 2 aromatic carbocycles. The van der Waals surface area contributed by atoms with E-state index in [1.165, 1.54) is 12.1 Å². The lowest BCUT2D eigenvalue weighted by molar-refractivity contribution is 0.0921. The SMILES string of the molecule is Cl.NCc1ccc(C(=O)NC(c2cccc(F)c2)C2CCCC2)cc1. The van der Waals surface area contributed by atoms with Crippen LogP contribution in [0.2, 0.25) is 0 Å². The molecule has 134 valence electrons. The number of rotatable bonds is 5. The van der Waals surface area contributed by atoms with E-state index in [1.54, 1.807) is 18.2 Å². The summed E-state index contributed by atoms with van der Waals surface area (Å²) in [5, 5.41) is 3.12. The molecule has 1 saturated carbocycles. The molecule has 2 aromatic rings. The Balaban J connectivity index is 0.00000225. The Kier molecular flexibility index (Phi) is 6.97. The maximum absolute atomic E-state index is 13.6. The summed E-state index contributed by atoms with van der Waals surface area (Å²) in [7, 11) is 0. The van der Waals surface area contributed by atoms with E-state index in [-0.39, 0.29) is 30.2 Å². The molecule has 0 radical (unpaired) electrons. The quantitative estimate of drug-likeness (QED) is 0.829. The molecule has 0 spiro atoms. The molecule has 1 amide bonds. The molecule has 25 heavy (non-hydrogen) atoms. The minimum Gasteiger partial charge on any atom is -0.345 e. The molecule has 0 saturated heterocycles. The van der Waals surface area contributed by atoms with Crippen molar-refractivity contribution in [3.8, 4) is 0 Å². The molecular formula is C20H24ClFN2O. The van der Waals surface area contributed by atoms with Gasteiger partial charge < -0.3 is 11.1 Å². The Hall–Kier alpha value is -1.91. The van der Waals surface area contributed by atoms with E-state index in [2.05, 4.69) is 5.32 Å². The second kappa shape index (κ2) is 8.97. The van der Waals surface area contributed by atoms with Crippen molar-refractivity contribution in [2.24, 2.45) is 11.7 Å². The van der Waals surface area contributed by atoms with E-state index in [1.807, 2.05) is 18.2 Å². The van der Waals surface area contributed by atoms with Gasteiger partial charge in [-0.1, -0.05) is 37.1 Å². The zero-order valence-electron chi connectivity index (χ0n) is 14.1. The van der Waals surface area contributed by atoms with Gasteiger partial charge in [0.05, 0.1) is 6.04 Å². The van der Waals surface area contributed by atoms with Gasteiger partial charge in [0, 0.05) is 12.1 Å². The maximum atomic E-state index is 13.6. The minimum absolute atomic E-state index is 0. The molecule has 1 aliphatic rings. The van der Waals surface area contributed by atoms with E-state index in [0.29, 0.717) is 18.0 Å². The van der Waals surface area contributed by atoms with E-state index in [9.17, 15) is 9.18 Å². The number of carbonyl (C=O) groups is 1. The molecule has 0 aromatic heterocycles. The highest BCUT2D eigenvalue weighted by atomic mass is 35.5. The summed E-state index contributed by atoms with van der Waals surface area (Å²) in [5.41, 5.74) is 8.03. The van der Waals surface area contributed by atoms with Crippen LogP contribution in [0, 0.1) is 11.7 Å². The normalized spacial score (nSPS) is 15.4. The Labute approximate surface area is 154 Å². The van der Waals surface area contributed by atoms with Crippen LogP contribution < -0.4 is 11.1 Å². The zero-order chi connectivity index (χ0) is 16.9. The molecule has 0 aliphatic heterocycles.